The molecule has 29 heavy (non-hydrogen) atoms. The molecular weight excluding hydrogens is 388 g/mol. The van der Waals surface area contributed by atoms with E-state index in [2.05, 4.69) is 11.6 Å². The summed E-state index contributed by atoms with van der Waals surface area (Å²) >= 11 is 0. The molecule has 0 bridgehead atoms. The highest BCUT2D eigenvalue weighted by Gasteiger charge is 2.29. The van der Waals surface area contributed by atoms with Gasteiger partial charge in [-0.2, -0.15) is 0 Å². The van der Waals surface area contributed by atoms with Gasteiger partial charge in [0.15, 0.2) is 0 Å². The normalized spacial score (nSPS) is 19.6. The first-order chi connectivity index (χ1) is 13.8. The van der Waals surface area contributed by atoms with Crippen LogP contribution in [0.1, 0.15) is 43.0 Å². The SMILES string of the molecule is COc1ccc(C(=O)N(C)c2ccccc2)cc1S(=O)(=O)NC1CCCCC1C. The number of anilines is 1. The van der Waals surface area contributed by atoms with Crippen LogP contribution in [0.25, 0.3) is 0 Å². The summed E-state index contributed by atoms with van der Waals surface area (Å²) in [4.78, 5) is 14.4. The van der Waals surface area contributed by atoms with Crippen molar-refractivity contribution in [2.45, 2.75) is 43.5 Å². The van der Waals surface area contributed by atoms with Gasteiger partial charge in [-0.05, 0) is 49.1 Å². The van der Waals surface area contributed by atoms with Gasteiger partial charge in [0.1, 0.15) is 10.6 Å². The fourth-order valence-electron chi connectivity index (χ4n) is 3.74. The first-order valence-corrected chi connectivity index (χ1v) is 11.4. The summed E-state index contributed by atoms with van der Waals surface area (Å²) < 4.78 is 34.4. The van der Waals surface area contributed by atoms with E-state index in [4.69, 9.17) is 4.74 Å². The zero-order valence-electron chi connectivity index (χ0n) is 17.1. The summed E-state index contributed by atoms with van der Waals surface area (Å²) in [5, 5.41) is 0. The van der Waals surface area contributed by atoms with E-state index in [1.807, 2.05) is 30.3 Å². The first-order valence-electron chi connectivity index (χ1n) is 9.87. The minimum atomic E-state index is -3.83. The summed E-state index contributed by atoms with van der Waals surface area (Å²) in [6.45, 7) is 2.07. The molecule has 1 N–H and O–H groups in total. The van der Waals surface area contributed by atoms with Crippen LogP contribution in [-0.4, -0.2) is 34.5 Å². The lowest BCUT2D eigenvalue weighted by atomic mass is 9.87. The average molecular weight is 417 g/mol. The van der Waals surface area contributed by atoms with E-state index in [9.17, 15) is 13.2 Å². The summed E-state index contributed by atoms with van der Waals surface area (Å²) in [6.07, 6.45) is 3.95. The average Bonchev–Trinajstić information content (AvgIpc) is 2.74. The molecule has 0 saturated heterocycles. The van der Waals surface area contributed by atoms with Crippen LogP contribution in [-0.2, 0) is 10.0 Å². The molecule has 2 atom stereocenters. The van der Waals surface area contributed by atoms with Crippen LogP contribution in [0.4, 0.5) is 5.69 Å². The standard InChI is InChI=1S/C22H28N2O4S/c1-16-9-7-8-12-19(16)23-29(26,27)21-15-17(13-14-20(21)28-3)22(25)24(2)18-10-5-4-6-11-18/h4-6,10-11,13-16,19,23H,7-9,12H2,1-3H3. The van der Waals surface area contributed by atoms with E-state index in [1.54, 1.807) is 13.1 Å². The van der Waals surface area contributed by atoms with Crippen molar-refractivity contribution >= 4 is 21.6 Å². The van der Waals surface area contributed by atoms with Crippen molar-refractivity contribution in [3.05, 3.63) is 54.1 Å². The molecule has 2 aromatic carbocycles. The number of hydrogen-bond donors (Lipinski definition) is 1. The Kier molecular flexibility index (Phi) is 6.59. The summed E-state index contributed by atoms with van der Waals surface area (Å²) in [6, 6.07) is 13.6. The number of nitrogens with one attached hydrogen (secondary N) is 1. The van der Waals surface area contributed by atoms with Gasteiger partial charge >= 0.3 is 0 Å². The third-order valence-corrected chi connectivity index (χ3v) is 7.08. The molecule has 1 fully saturated rings. The zero-order valence-corrected chi connectivity index (χ0v) is 17.9. The molecule has 0 radical (unpaired) electrons. The maximum atomic E-state index is 13.1. The van der Waals surface area contributed by atoms with E-state index in [1.165, 1.54) is 24.1 Å². The molecule has 6 nitrogen and oxygen atoms in total. The van der Waals surface area contributed by atoms with Crippen molar-refractivity contribution in [2.24, 2.45) is 5.92 Å². The number of carbonyl (C=O) groups excluding carboxylic acids is 1. The lowest BCUT2D eigenvalue weighted by molar-refractivity contribution is 0.0992. The number of carbonyl (C=O) groups is 1. The number of amides is 1. The maximum Gasteiger partial charge on any atom is 0.258 e. The van der Waals surface area contributed by atoms with Gasteiger partial charge in [-0.15, -0.1) is 0 Å². The van der Waals surface area contributed by atoms with Crippen molar-refractivity contribution in [3.8, 4) is 5.75 Å². The van der Waals surface area contributed by atoms with E-state index in [0.29, 0.717) is 0 Å². The third-order valence-electron chi connectivity index (χ3n) is 5.57. The smallest absolute Gasteiger partial charge is 0.258 e. The van der Waals surface area contributed by atoms with Crippen LogP contribution in [0.2, 0.25) is 0 Å². The Balaban J connectivity index is 1.91. The predicted molar refractivity (Wildman–Crippen MR) is 114 cm³/mol. The molecule has 0 heterocycles. The Morgan fingerprint density at radius 2 is 1.79 bits per heavy atom. The van der Waals surface area contributed by atoms with Crippen molar-refractivity contribution in [3.63, 3.8) is 0 Å². The largest absolute Gasteiger partial charge is 0.495 e. The topological polar surface area (TPSA) is 75.7 Å². The number of sulfonamides is 1. The van der Waals surface area contributed by atoms with Gasteiger partial charge in [-0.25, -0.2) is 13.1 Å². The second-order valence-corrected chi connectivity index (χ2v) is 9.24. The van der Waals surface area contributed by atoms with Gasteiger partial charge in [0.25, 0.3) is 5.91 Å². The van der Waals surface area contributed by atoms with E-state index in [0.717, 1.165) is 31.4 Å². The van der Waals surface area contributed by atoms with E-state index >= 15 is 0 Å². The summed E-state index contributed by atoms with van der Waals surface area (Å²) in [5.74, 6) is 0.208. The molecule has 0 aromatic heterocycles. The van der Waals surface area contributed by atoms with Gasteiger partial charge in [0, 0.05) is 24.3 Å². The highest BCUT2D eigenvalue weighted by molar-refractivity contribution is 7.89. The van der Waals surface area contributed by atoms with Crippen LogP contribution >= 0.6 is 0 Å². The highest BCUT2D eigenvalue weighted by atomic mass is 32.2. The van der Waals surface area contributed by atoms with Gasteiger partial charge in [0.2, 0.25) is 10.0 Å². The van der Waals surface area contributed by atoms with Gasteiger partial charge < -0.3 is 9.64 Å². The molecule has 156 valence electrons. The Labute approximate surface area is 172 Å². The number of benzene rings is 2. The van der Waals surface area contributed by atoms with Gasteiger partial charge in [-0.1, -0.05) is 38.0 Å². The fraction of sp³-hybridized carbons (Fsp3) is 0.409. The van der Waals surface area contributed by atoms with Crippen LogP contribution in [0.3, 0.4) is 0 Å². The van der Waals surface area contributed by atoms with Crippen molar-refractivity contribution < 1.29 is 17.9 Å². The predicted octanol–water partition coefficient (Wildman–Crippen LogP) is 3.83. The van der Waals surface area contributed by atoms with Crippen molar-refractivity contribution in [1.82, 2.24) is 4.72 Å². The highest BCUT2D eigenvalue weighted by Crippen LogP contribution is 2.29. The fourth-order valence-corrected chi connectivity index (χ4v) is 5.31. The number of hydrogen-bond acceptors (Lipinski definition) is 4. The molecule has 1 aliphatic rings. The molecular formula is C22H28N2O4S. The molecule has 0 aliphatic heterocycles. The third kappa shape index (κ3) is 4.79. The van der Waals surface area contributed by atoms with Crippen LogP contribution in [0.15, 0.2) is 53.4 Å². The number of nitrogens with zero attached hydrogens (tertiary/aromatic N) is 1. The number of para-hydroxylation sites is 1. The minimum absolute atomic E-state index is 0.00918. The van der Waals surface area contributed by atoms with Crippen molar-refractivity contribution in [1.29, 1.82) is 0 Å². The summed E-state index contributed by atoms with van der Waals surface area (Å²) in [7, 11) is -0.737. The monoisotopic (exact) mass is 416 g/mol. The molecule has 3 rings (SSSR count). The van der Waals surface area contributed by atoms with Crippen LogP contribution in [0, 0.1) is 5.92 Å². The second kappa shape index (κ2) is 8.97. The molecule has 1 aliphatic carbocycles. The Bertz CT molecular complexity index is 960. The lowest BCUT2D eigenvalue weighted by Crippen LogP contribution is -2.41. The minimum Gasteiger partial charge on any atom is -0.495 e. The Hall–Kier alpha value is -2.38. The van der Waals surface area contributed by atoms with Crippen molar-refractivity contribution in [2.75, 3.05) is 19.1 Å². The summed E-state index contributed by atoms with van der Waals surface area (Å²) in [5.41, 5.74) is 1.01. The number of ether oxygens (including phenoxy) is 1. The molecule has 1 amide bonds. The first kappa shape index (κ1) is 21.3. The van der Waals surface area contributed by atoms with E-state index < -0.39 is 10.0 Å². The quantitative estimate of drug-likeness (QED) is 0.777. The van der Waals surface area contributed by atoms with Gasteiger partial charge in [0.05, 0.1) is 7.11 Å². The molecule has 7 heteroatoms. The second-order valence-electron chi connectivity index (χ2n) is 7.55. The van der Waals surface area contributed by atoms with Crippen LogP contribution < -0.4 is 14.4 Å². The Morgan fingerprint density at radius 3 is 2.45 bits per heavy atom. The molecule has 2 unspecified atom stereocenters. The number of methoxy groups -OCH3 is 1. The number of rotatable bonds is 6. The lowest BCUT2D eigenvalue weighted by Gasteiger charge is -2.29. The molecule has 2 aromatic rings. The molecule has 0 spiro atoms. The zero-order chi connectivity index (χ0) is 21.0. The van der Waals surface area contributed by atoms with E-state index in [-0.39, 0.29) is 34.1 Å². The molecule has 1 saturated carbocycles. The Morgan fingerprint density at radius 1 is 1.10 bits per heavy atom. The maximum absolute atomic E-state index is 13.1. The van der Waals surface area contributed by atoms with Crippen LogP contribution in [0.5, 0.6) is 5.75 Å². The van der Waals surface area contributed by atoms with Gasteiger partial charge in [-0.3, -0.25) is 4.79 Å².